The number of carbonyl (C=O) groups is 2. The van der Waals surface area contributed by atoms with E-state index in [2.05, 4.69) is 47.5 Å². The number of carbonyl (C=O) groups excluding carboxylic acids is 2. The molecule has 198 valence electrons. The van der Waals surface area contributed by atoms with Crippen molar-refractivity contribution in [2.45, 2.75) is 32.2 Å². The van der Waals surface area contributed by atoms with Gasteiger partial charge in [0.15, 0.2) is 0 Å². The van der Waals surface area contributed by atoms with Crippen LogP contribution in [0.5, 0.6) is 0 Å². The van der Waals surface area contributed by atoms with Gasteiger partial charge in [0.2, 0.25) is 5.91 Å². The summed E-state index contributed by atoms with van der Waals surface area (Å²) >= 11 is 1.82. The van der Waals surface area contributed by atoms with Crippen molar-refractivity contribution in [1.29, 1.82) is 0 Å². The van der Waals surface area contributed by atoms with Crippen LogP contribution in [-0.4, -0.2) is 70.7 Å². The first-order valence-electron chi connectivity index (χ1n) is 13.1. The minimum Gasteiger partial charge on any atom is -0.341 e. The second kappa shape index (κ2) is 11.4. The van der Waals surface area contributed by atoms with Crippen molar-refractivity contribution in [3.63, 3.8) is 0 Å². The van der Waals surface area contributed by atoms with E-state index in [1.54, 1.807) is 4.90 Å². The van der Waals surface area contributed by atoms with Gasteiger partial charge in [-0.3, -0.25) is 24.6 Å². The Hall–Kier alpha value is -3.56. The lowest BCUT2D eigenvalue weighted by molar-refractivity contribution is -0.384. The summed E-state index contributed by atoms with van der Waals surface area (Å²) in [5.74, 6) is -0.0376. The molecule has 0 bridgehead atoms. The zero-order valence-electron chi connectivity index (χ0n) is 21.5. The van der Waals surface area contributed by atoms with Crippen LogP contribution < -0.4 is 0 Å². The molecule has 2 aromatic carbocycles. The third-order valence-corrected chi connectivity index (χ3v) is 8.62. The first-order valence-corrected chi connectivity index (χ1v) is 14.0. The van der Waals surface area contributed by atoms with Crippen LogP contribution in [0.2, 0.25) is 0 Å². The highest BCUT2D eigenvalue weighted by Crippen LogP contribution is 2.38. The number of hydrogen-bond donors (Lipinski definition) is 0. The molecule has 0 aliphatic carbocycles. The third kappa shape index (κ3) is 5.49. The number of thiophene rings is 1. The molecule has 0 radical (unpaired) electrons. The lowest BCUT2D eigenvalue weighted by atomic mass is 9.90. The molecule has 0 spiro atoms. The number of non-ortho nitro benzene ring substituents is 1. The quantitative estimate of drug-likeness (QED) is 0.340. The molecule has 2 amide bonds. The van der Waals surface area contributed by atoms with Gasteiger partial charge in [-0.25, -0.2) is 0 Å². The molecule has 1 aromatic heterocycles. The van der Waals surface area contributed by atoms with E-state index in [0.717, 1.165) is 13.0 Å². The van der Waals surface area contributed by atoms with Crippen LogP contribution in [0.25, 0.3) is 0 Å². The molecule has 1 fully saturated rings. The van der Waals surface area contributed by atoms with Gasteiger partial charge in [0, 0.05) is 68.3 Å². The van der Waals surface area contributed by atoms with E-state index < -0.39 is 4.92 Å². The van der Waals surface area contributed by atoms with E-state index in [-0.39, 0.29) is 23.5 Å². The summed E-state index contributed by atoms with van der Waals surface area (Å²) in [5.41, 5.74) is 4.31. The zero-order chi connectivity index (χ0) is 26.6. The van der Waals surface area contributed by atoms with Gasteiger partial charge >= 0.3 is 0 Å². The van der Waals surface area contributed by atoms with Crippen molar-refractivity contribution in [2.75, 3.05) is 39.3 Å². The Labute approximate surface area is 226 Å². The topological polar surface area (TPSA) is 87.0 Å². The van der Waals surface area contributed by atoms with Crippen LogP contribution in [0, 0.1) is 17.0 Å². The molecule has 1 atom stereocenters. The second-order valence-electron chi connectivity index (χ2n) is 9.92. The van der Waals surface area contributed by atoms with E-state index in [4.69, 9.17) is 0 Å². The van der Waals surface area contributed by atoms with E-state index in [1.165, 1.54) is 45.8 Å². The summed E-state index contributed by atoms with van der Waals surface area (Å²) in [6.07, 6.45) is 2.16. The standard InChI is InChI=1S/C29H32N4O4S/c1-21-5-2-3-6-24(21)28-25-13-20-38-26(25)11-16-31(28)17-12-27(34)30-14-4-15-32(19-18-30)29(35)22-7-9-23(10-8-22)33(36)37/h2-3,5-10,13,20,28H,4,11-12,14-19H2,1H3. The molecule has 8 nitrogen and oxygen atoms in total. The van der Waals surface area contributed by atoms with Crippen molar-refractivity contribution < 1.29 is 14.5 Å². The predicted molar refractivity (Wildman–Crippen MR) is 147 cm³/mol. The summed E-state index contributed by atoms with van der Waals surface area (Å²) < 4.78 is 0. The van der Waals surface area contributed by atoms with Gasteiger partial charge in [-0.15, -0.1) is 11.3 Å². The fourth-order valence-electron chi connectivity index (χ4n) is 5.54. The summed E-state index contributed by atoms with van der Waals surface area (Å²) in [6, 6.07) is 16.6. The molecule has 38 heavy (non-hydrogen) atoms. The number of hydrogen-bond acceptors (Lipinski definition) is 6. The van der Waals surface area contributed by atoms with E-state index in [1.807, 2.05) is 16.2 Å². The number of nitro groups is 1. The lowest BCUT2D eigenvalue weighted by Gasteiger charge is -2.37. The van der Waals surface area contributed by atoms with Gasteiger partial charge in [0.25, 0.3) is 11.6 Å². The third-order valence-electron chi connectivity index (χ3n) is 7.62. The average Bonchev–Trinajstić information content (AvgIpc) is 3.27. The van der Waals surface area contributed by atoms with Gasteiger partial charge in [-0.2, -0.15) is 0 Å². The largest absolute Gasteiger partial charge is 0.341 e. The molecule has 0 saturated carbocycles. The molecule has 2 aliphatic heterocycles. The predicted octanol–water partition coefficient (Wildman–Crippen LogP) is 4.68. The Morgan fingerprint density at radius 1 is 0.947 bits per heavy atom. The lowest BCUT2D eigenvalue weighted by Crippen LogP contribution is -2.41. The highest BCUT2D eigenvalue weighted by molar-refractivity contribution is 7.10. The molecule has 3 aromatic rings. The number of nitrogens with zero attached hydrogens (tertiary/aromatic N) is 4. The SMILES string of the molecule is Cc1ccccc1C1c2ccsc2CCN1CCC(=O)N1CCCN(C(=O)c2ccc([N+](=O)[O-])cc2)CC1. The number of amides is 2. The van der Waals surface area contributed by atoms with Crippen LogP contribution in [-0.2, 0) is 11.2 Å². The number of nitro benzene ring substituents is 1. The van der Waals surface area contributed by atoms with Gasteiger partial charge in [-0.1, -0.05) is 24.3 Å². The summed E-state index contributed by atoms with van der Waals surface area (Å²) in [7, 11) is 0. The summed E-state index contributed by atoms with van der Waals surface area (Å²) in [6.45, 7) is 5.90. The Bertz CT molecular complexity index is 1320. The maximum Gasteiger partial charge on any atom is 0.269 e. The summed E-state index contributed by atoms with van der Waals surface area (Å²) in [4.78, 5) is 44.2. The minimum atomic E-state index is -0.476. The van der Waals surface area contributed by atoms with E-state index >= 15 is 0 Å². The van der Waals surface area contributed by atoms with Gasteiger partial charge in [0.1, 0.15) is 0 Å². The molecule has 0 N–H and O–H groups in total. The number of aryl methyl sites for hydroxylation is 1. The molecule has 9 heteroatoms. The van der Waals surface area contributed by atoms with Crippen molar-refractivity contribution in [2.24, 2.45) is 0 Å². The molecular formula is C29H32N4O4S. The second-order valence-corrected chi connectivity index (χ2v) is 10.9. The highest BCUT2D eigenvalue weighted by Gasteiger charge is 2.31. The smallest absolute Gasteiger partial charge is 0.269 e. The van der Waals surface area contributed by atoms with Crippen LogP contribution >= 0.6 is 11.3 Å². The van der Waals surface area contributed by atoms with Gasteiger partial charge in [-0.05, 0) is 60.0 Å². The van der Waals surface area contributed by atoms with Crippen molar-refractivity contribution in [3.05, 3.63) is 97.2 Å². The fraction of sp³-hybridized carbons (Fsp3) is 0.379. The van der Waals surface area contributed by atoms with Crippen LogP contribution in [0.4, 0.5) is 5.69 Å². The van der Waals surface area contributed by atoms with Crippen LogP contribution in [0.15, 0.2) is 60.0 Å². The van der Waals surface area contributed by atoms with Crippen LogP contribution in [0.1, 0.15) is 50.8 Å². The Balaban J connectivity index is 1.20. The highest BCUT2D eigenvalue weighted by atomic mass is 32.1. The van der Waals surface area contributed by atoms with E-state index in [0.29, 0.717) is 51.1 Å². The van der Waals surface area contributed by atoms with Crippen molar-refractivity contribution >= 4 is 28.8 Å². The average molecular weight is 533 g/mol. The Morgan fingerprint density at radius 3 is 2.45 bits per heavy atom. The van der Waals surface area contributed by atoms with Gasteiger partial charge in [0.05, 0.1) is 11.0 Å². The fourth-order valence-corrected chi connectivity index (χ4v) is 6.45. The maximum absolute atomic E-state index is 13.3. The minimum absolute atomic E-state index is 0.0391. The first kappa shape index (κ1) is 26.1. The maximum atomic E-state index is 13.3. The molecule has 2 aliphatic rings. The van der Waals surface area contributed by atoms with E-state index in [9.17, 15) is 19.7 Å². The Kier molecular flexibility index (Phi) is 7.85. The summed E-state index contributed by atoms with van der Waals surface area (Å²) in [5, 5.41) is 13.1. The van der Waals surface area contributed by atoms with Crippen molar-refractivity contribution in [3.8, 4) is 0 Å². The monoisotopic (exact) mass is 532 g/mol. The number of rotatable bonds is 6. The van der Waals surface area contributed by atoms with Crippen molar-refractivity contribution in [1.82, 2.24) is 14.7 Å². The molecular weight excluding hydrogens is 500 g/mol. The molecule has 1 saturated heterocycles. The molecule has 5 rings (SSSR count). The normalized spacial score (nSPS) is 18.1. The number of fused-ring (bicyclic) bond motifs is 1. The Morgan fingerprint density at radius 2 is 1.68 bits per heavy atom. The number of benzene rings is 2. The van der Waals surface area contributed by atoms with Gasteiger partial charge < -0.3 is 9.80 Å². The van der Waals surface area contributed by atoms with Crippen LogP contribution in [0.3, 0.4) is 0 Å². The first-order chi connectivity index (χ1) is 18.4. The molecule has 1 unspecified atom stereocenters. The molecule has 3 heterocycles. The zero-order valence-corrected chi connectivity index (χ0v) is 22.4.